The van der Waals surface area contributed by atoms with E-state index >= 15 is 0 Å². The Balaban J connectivity index is 2.10. The average molecular weight is 286 g/mol. The molecule has 102 valence electrons. The third kappa shape index (κ3) is 2.54. The maximum atomic E-state index is 5.90. The van der Waals surface area contributed by atoms with E-state index in [2.05, 4.69) is 26.7 Å². The normalized spacial score (nSPS) is 11.1. The van der Waals surface area contributed by atoms with E-state index in [9.17, 15) is 0 Å². The van der Waals surface area contributed by atoms with Gasteiger partial charge in [-0.3, -0.25) is 0 Å². The molecule has 0 saturated heterocycles. The number of nitrogens with zero attached hydrogens (tertiary/aromatic N) is 3. The van der Waals surface area contributed by atoms with Gasteiger partial charge in [0.2, 0.25) is 0 Å². The van der Waals surface area contributed by atoms with Crippen molar-refractivity contribution in [1.82, 2.24) is 14.5 Å². The van der Waals surface area contributed by atoms with Gasteiger partial charge in [-0.05, 0) is 24.6 Å². The molecule has 0 aliphatic rings. The molecule has 0 saturated carbocycles. The molecule has 0 N–H and O–H groups in total. The summed E-state index contributed by atoms with van der Waals surface area (Å²) in [5.74, 6) is 1.56. The number of hydrogen-bond donors (Lipinski definition) is 0. The Hall–Kier alpha value is -1.87. The number of alkyl halides is 1. The zero-order chi connectivity index (χ0) is 13.9. The average Bonchev–Trinajstić information content (AvgIpc) is 2.78. The second-order valence-electron chi connectivity index (χ2n) is 4.83. The minimum absolute atomic E-state index is 0.567. The van der Waals surface area contributed by atoms with Gasteiger partial charge in [-0.15, -0.1) is 11.6 Å². The molecule has 0 aliphatic heterocycles. The van der Waals surface area contributed by atoms with E-state index in [0.29, 0.717) is 5.88 Å². The van der Waals surface area contributed by atoms with E-state index in [1.54, 1.807) is 0 Å². The van der Waals surface area contributed by atoms with E-state index in [0.717, 1.165) is 35.6 Å². The van der Waals surface area contributed by atoms with Crippen molar-refractivity contribution in [2.75, 3.05) is 5.88 Å². The predicted octanol–water partition coefficient (Wildman–Crippen LogP) is 3.57. The highest BCUT2D eigenvalue weighted by Gasteiger charge is 2.12. The van der Waals surface area contributed by atoms with Crippen molar-refractivity contribution in [2.45, 2.75) is 19.9 Å². The molecule has 0 aliphatic carbocycles. The van der Waals surface area contributed by atoms with Gasteiger partial charge in [-0.2, -0.15) is 0 Å². The Morgan fingerprint density at radius 3 is 2.60 bits per heavy atom. The number of imidazole rings is 1. The Kier molecular flexibility index (Phi) is 3.70. The SMILES string of the molecule is Cc1ccc2nc(CCCl)n(Cc3ccccc3)c2n1. The fourth-order valence-corrected chi connectivity index (χ4v) is 2.52. The van der Waals surface area contributed by atoms with Crippen molar-refractivity contribution >= 4 is 22.8 Å². The molecule has 2 aromatic heterocycles. The lowest BCUT2D eigenvalue weighted by atomic mass is 10.2. The highest BCUT2D eigenvalue weighted by molar-refractivity contribution is 6.17. The summed E-state index contributed by atoms with van der Waals surface area (Å²) in [5.41, 5.74) is 4.12. The summed E-state index contributed by atoms with van der Waals surface area (Å²) in [6, 6.07) is 14.4. The molecular weight excluding hydrogens is 270 g/mol. The van der Waals surface area contributed by atoms with Crippen LogP contribution in [0.1, 0.15) is 17.1 Å². The smallest absolute Gasteiger partial charge is 0.160 e. The van der Waals surface area contributed by atoms with Gasteiger partial charge in [-0.25, -0.2) is 9.97 Å². The quantitative estimate of drug-likeness (QED) is 0.686. The zero-order valence-corrected chi connectivity index (χ0v) is 12.1. The monoisotopic (exact) mass is 285 g/mol. The van der Waals surface area contributed by atoms with Crippen molar-refractivity contribution in [3.63, 3.8) is 0 Å². The number of fused-ring (bicyclic) bond motifs is 1. The topological polar surface area (TPSA) is 30.7 Å². The summed E-state index contributed by atoms with van der Waals surface area (Å²) in [6.07, 6.45) is 0.754. The number of aromatic nitrogens is 3. The Bertz CT molecular complexity index is 719. The van der Waals surface area contributed by atoms with Crippen LogP contribution in [0.3, 0.4) is 0 Å². The van der Waals surface area contributed by atoms with Gasteiger partial charge in [0.25, 0.3) is 0 Å². The van der Waals surface area contributed by atoms with Gasteiger partial charge < -0.3 is 4.57 Å². The molecule has 0 unspecified atom stereocenters. The Labute approximate surface area is 123 Å². The van der Waals surface area contributed by atoms with Crippen LogP contribution in [-0.2, 0) is 13.0 Å². The number of halogens is 1. The van der Waals surface area contributed by atoms with Gasteiger partial charge >= 0.3 is 0 Å². The minimum Gasteiger partial charge on any atom is -0.308 e. The number of hydrogen-bond acceptors (Lipinski definition) is 2. The van der Waals surface area contributed by atoms with Crippen LogP contribution >= 0.6 is 11.6 Å². The first-order chi connectivity index (χ1) is 9.78. The number of rotatable bonds is 4. The third-order valence-corrected chi connectivity index (χ3v) is 3.50. The van der Waals surface area contributed by atoms with E-state index < -0.39 is 0 Å². The Morgan fingerprint density at radius 1 is 1.05 bits per heavy atom. The van der Waals surface area contributed by atoms with Crippen molar-refractivity contribution in [1.29, 1.82) is 0 Å². The van der Waals surface area contributed by atoms with Crippen LogP contribution in [0.15, 0.2) is 42.5 Å². The van der Waals surface area contributed by atoms with Crippen LogP contribution in [0.2, 0.25) is 0 Å². The van der Waals surface area contributed by atoms with Crippen molar-refractivity contribution in [3.8, 4) is 0 Å². The van der Waals surface area contributed by atoms with Gasteiger partial charge in [0.1, 0.15) is 11.3 Å². The molecule has 3 rings (SSSR count). The summed E-state index contributed by atoms with van der Waals surface area (Å²) in [4.78, 5) is 9.29. The van der Waals surface area contributed by atoms with E-state index in [-0.39, 0.29) is 0 Å². The largest absolute Gasteiger partial charge is 0.308 e. The molecule has 0 amide bonds. The first kappa shape index (κ1) is 13.1. The van der Waals surface area contributed by atoms with Gasteiger partial charge in [0.15, 0.2) is 5.65 Å². The lowest BCUT2D eigenvalue weighted by molar-refractivity contribution is 0.747. The maximum absolute atomic E-state index is 5.90. The second-order valence-corrected chi connectivity index (χ2v) is 5.21. The van der Waals surface area contributed by atoms with Crippen LogP contribution < -0.4 is 0 Å². The lowest BCUT2D eigenvalue weighted by Gasteiger charge is -2.08. The van der Waals surface area contributed by atoms with E-state index in [1.165, 1.54) is 5.56 Å². The van der Waals surface area contributed by atoms with Gasteiger partial charge in [0.05, 0.1) is 6.54 Å². The molecular formula is C16H16ClN3. The second kappa shape index (κ2) is 5.63. The molecule has 1 aromatic carbocycles. The lowest BCUT2D eigenvalue weighted by Crippen LogP contribution is -2.06. The van der Waals surface area contributed by atoms with Crippen LogP contribution in [0.5, 0.6) is 0 Å². The van der Waals surface area contributed by atoms with Gasteiger partial charge in [-0.1, -0.05) is 30.3 Å². The zero-order valence-electron chi connectivity index (χ0n) is 11.4. The highest BCUT2D eigenvalue weighted by atomic mass is 35.5. The van der Waals surface area contributed by atoms with E-state index in [1.807, 2.05) is 37.3 Å². The molecule has 20 heavy (non-hydrogen) atoms. The fraction of sp³-hybridized carbons (Fsp3) is 0.250. The number of aryl methyl sites for hydroxylation is 2. The summed E-state index contributed by atoms with van der Waals surface area (Å²) < 4.78 is 2.17. The van der Waals surface area contributed by atoms with Crippen LogP contribution in [0.25, 0.3) is 11.2 Å². The third-order valence-electron chi connectivity index (χ3n) is 3.31. The molecule has 2 heterocycles. The molecule has 4 heteroatoms. The first-order valence-electron chi connectivity index (χ1n) is 6.70. The molecule has 0 spiro atoms. The maximum Gasteiger partial charge on any atom is 0.160 e. The summed E-state index contributed by atoms with van der Waals surface area (Å²) in [7, 11) is 0. The fourth-order valence-electron chi connectivity index (χ4n) is 2.35. The predicted molar refractivity (Wildman–Crippen MR) is 82.2 cm³/mol. The number of pyridine rings is 1. The number of benzene rings is 1. The molecule has 0 fully saturated rings. The molecule has 0 radical (unpaired) electrons. The minimum atomic E-state index is 0.567. The molecule has 3 nitrogen and oxygen atoms in total. The standard InChI is InChI=1S/C16H16ClN3/c1-12-7-8-14-16(18-12)20(15(19-14)9-10-17)11-13-5-3-2-4-6-13/h2-8H,9-11H2,1H3. The van der Waals surface area contributed by atoms with Crippen molar-refractivity contribution in [3.05, 3.63) is 59.5 Å². The molecule has 3 aromatic rings. The van der Waals surface area contributed by atoms with E-state index in [4.69, 9.17) is 11.6 Å². The Morgan fingerprint density at radius 2 is 1.85 bits per heavy atom. The molecule has 0 atom stereocenters. The highest BCUT2D eigenvalue weighted by Crippen LogP contribution is 2.17. The molecule has 0 bridgehead atoms. The van der Waals surface area contributed by atoms with Crippen LogP contribution in [0.4, 0.5) is 0 Å². The van der Waals surface area contributed by atoms with Crippen molar-refractivity contribution in [2.24, 2.45) is 0 Å². The van der Waals surface area contributed by atoms with Crippen LogP contribution in [0, 0.1) is 6.92 Å². The van der Waals surface area contributed by atoms with Gasteiger partial charge in [0, 0.05) is 18.0 Å². The summed E-state index contributed by atoms with van der Waals surface area (Å²) in [6.45, 7) is 2.78. The van der Waals surface area contributed by atoms with Crippen LogP contribution in [-0.4, -0.2) is 20.4 Å². The van der Waals surface area contributed by atoms with Crippen molar-refractivity contribution < 1.29 is 0 Å². The summed E-state index contributed by atoms with van der Waals surface area (Å²) in [5, 5.41) is 0. The first-order valence-corrected chi connectivity index (χ1v) is 7.24. The summed E-state index contributed by atoms with van der Waals surface area (Å²) >= 11 is 5.90.